The maximum atomic E-state index is 9.27. The van der Waals surface area contributed by atoms with Gasteiger partial charge in [-0.15, -0.1) is 0 Å². The van der Waals surface area contributed by atoms with Gasteiger partial charge >= 0.3 is 0 Å². The Hall–Kier alpha value is -0.780. The standard InChI is InChI=1S/C10H15BrN2O2/c1-15-10-3-2-7(4-9(10)11)13-6-8(14)5-12/h2-4,8,13-14H,5-6,12H2,1H3. The van der Waals surface area contributed by atoms with Gasteiger partial charge in [-0.3, -0.25) is 0 Å². The van der Waals surface area contributed by atoms with E-state index in [1.807, 2.05) is 18.2 Å². The van der Waals surface area contributed by atoms with Crippen LogP contribution in [0.2, 0.25) is 0 Å². The summed E-state index contributed by atoms with van der Waals surface area (Å²) in [7, 11) is 1.62. The van der Waals surface area contributed by atoms with Crippen molar-refractivity contribution in [3.05, 3.63) is 22.7 Å². The molecule has 0 heterocycles. The van der Waals surface area contributed by atoms with Crippen LogP contribution in [0.4, 0.5) is 5.69 Å². The minimum atomic E-state index is -0.522. The van der Waals surface area contributed by atoms with Crippen molar-refractivity contribution in [2.24, 2.45) is 5.73 Å². The molecular weight excluding hydrogens is 260 g/mol. The molecule has 1 atom stereocenters. The molecule has 1 aromatic carbocycles. The highest BCUT2D eigenvalue weighted by atomic mass is 79.9. The molecule has 0 bridgehead atoms. The Balaban J connectivity index is 2.59. The minimum absolute atomic E-state index is 0.254. The van der Waals surface area contributed by atoms with Gasteiger partial charge in [0.15, 0.2) is 0 Å². The first-order valence-electron chi connectivity index (χ1n) is 4.63. The molecule has 0 aliphatic carbocycles. The lowest BCUT2D eigenvalue weighted by molar-refractivity contribution is 0.196. The lowest BCUT2D eigenvalue weighted by Gasteiger charge is -2.11. The molecule has 0 aromatic heterocycles. The van der Waals surface area contributed by atoms with Crippen molar-refractivity contribution in [2.45, 2.75) is 6.10 Å². The van der Waals surface area contributed by atoms with E-state index in [0.29, 0.717) is 6.54 Å². The molecule has 0 spiro atoms. The number of nitrogens with two attached hydrogens (primary N) is 1. The van der Waals surface area contributed by atoms with E-state index in [2.05, 4.69) is 21.2 Å². The molecule has 0 amide bonds. The van der Waals surface area contributed by atoms with Crippen molar-refractivity contribution in [2.75, 3.05) is 25.5 Å². The highest BCUT2D eigenvalue weighted by Crippen LogP contribution is 2.27. The molecule has 5 heteroatoms. The largest absolute Gasteiger partial charge is 0.496 e. The highest BCUT2D eigenvalue weighted by molar-refractivity contribution is 9.10. The predicted octanol–water partition coefficient (Wildman–Crippen LogP) is 1.19. The van der Waals surface area contributed by atoms with Crippen molar-refractivity contribution >= 4 is 21.6 Å². The van der Waals surface area contributed by atoms with Crippen molar-refractivity contribution in [3.63, 3.8) is 0 Å². The lowest BCUT2D eigenvalue weighted by Crippen LogP contribution is -2.27. The number of aliphatic hydroxyl groups excluding tert-OH is 1. The molecule has 1 aromatic rings. The molecule has 0 aliphatic rings. The molecule has 0 radical (unpaired) electrons. The van der Waals surface area contributed by atoms with E-state index in [-0.39, 0.29) is 6.54 Å². The second-order valence-electron chi connectivity index (χ2n) is 3.12. The Kier molecular flexibility index (Phi) is 4.87. The van der Waals surface area contributed by atoms with Crippen LogP contribution in [0.5, 0.6) is 5.75 Å². The predicted molar refractivity (Wildman–Crippen MR) is 64.2 cm³/mol. The molecule has 84 valence electrons. The van der Waals surface area contributed by atoms with Crippen LogP contribution in [0.3, 0.4) is 0 Å². The summed E-state index contributed by atoms with van der Waals surface area (Å²) in [6.07, 6.45) is -0.522. The summed E-state index contributed by atoms with van der Waals surface area (Å²) in [5, 5.41) is 12.3. The fraction of sp³-hybridized carbons (Fsp3) is 0.400. The molecule has 0 aliphatic heterocycles. The second kappa shape index (κ2) is 5.95. The van der Waals surface area contributed by atoms with Gasteiger partial charge in [0.2, 0.25) is 0 Å². The Bertz CT molecular complexity index is 320. The van der Waals surface area contributed by atoms with Crippen molar-refractivity contribution in [1.82, 2.24) is 0 Å². The van der Waals surface area contributed by atoms with Crippen LogP contribution in [0.25, 0.3) is 0 Å². The van der Waals surface area contributed by atoms with Crippen molar-refractivity contribution < 1.29 is 9.84 Å². The van der Waals surface area contributed by atoms with Gasteiger partial charge in [0, 0.05) is 18.8 Å². The average molecular weight is 275 g/mol. The van der Waals surface area contributed by atoms with Gasteiger partial charge in [0.1, 0.15) is 5.75 Å². The van der Waals surface area contributed by atoms with Crippen LogP contribution in [0, 0.1) is 0 Å². The zero-order valence-electron chi connectivity index (χ0n) is 8.53. The van der Waals surface area contributed by atoms with E-state index >= 15 is 0 Å². The molecule has 1 rings (SSSR count). The van der Waals surface area contributed by atoms with Crippen LogP contribution in [0.15, 0.2) is 22.7 Å². The van der Waals surface area contributed by atoms with E-state index in [4.69, 9.17) is 10.5 Å². The zero-order valence-corrected chi connectivity index (χ0v) is 10.1. The van der Waals surface area contributed by atoms with Gasteiger partial charge < -0.3 is 20.9 Å². The Morgan fingerprint density at radius 2 is 2.33 bits per heavy atom. The maximum Gasteiger partial charge on any atom is 0.133 e. The summed E-state index contributed by atoms with van der Waals surface area (Å²) in [6.45, 7) is 0.694. The van der Waals surface area contributed by atoms with Crippen LogP contribution < -0.4 is 15.8 Å². The van der Waals surface area contributed by atoms with Crippen molar-refractivity contribution in [3.8, 4) is 5.75 Å². The van der Waals surface area contributed by atoms with E-state index in [1.54, 1.807) is 7.11 Å². The number of aliphatic hydroxyl groups is 1. The first-order valence-corrected chi connectivity index (χ1v) is 5.42. The first-order chi connectivity index (χ1) is 7.17. The smallest absolute Gasteiger partial charge is 0.133 e. The van der Waals surface area contributed by atoms with Crippen LogP contribution in [-0.4, -0.2) is 31.4 Å². The van der Waals surface area contributed by atoms with E-state index in [0.717, 1.165) is 15.9 Å². The van der Waals surface area contributed by atoms with E-state index < -0.39 is 6.10 Å². The Morgan fingerprint density at radius 1 is 1.60 bits per heavy atom. The van der Waals surface area contributed by atoms with Gasteiger partial charge in [0.25, 0.3) is 0 Å². The molecule has 0 saturated carbocycles. The minimum Gasteiger partial charge on any atom is -0.496 e. The van der Waals surface area contributed by atoms with Crippen LogP contribution in [0.1, 0.15) is 0 Å². The summed E-state index contributed by atoms with van der Waals surface area (Å²) in [5.74, 6) is 0.778. The molecule has 0 saturated heterocycles. The summed E-state index contributed by atoms with van der Waals surface area (Å²) >= 11 is 3.38. The summed E-state index contributed by atoms with van der Waals surface area (Å²) in [6, 6.07) is 5.62. The lowest BCUT2D eigenvalue weighted by atomic mass is 10.3. The Morgan fingerprint density at radius 3 is 2.87 bits per heavy atom. The van der Waals surface area contributed by atoms with Gasteiger partial charge in [-0.05, 0) is 34.1 Å². The molecule has 4 nitrogen and oxygen atoms in total. The van der Waals surface area contributed by atoms with Gasteiger partial charge in [0.05, 0.1) is 17.7 Å². The highest BCUT2D eigenvalue weighted by Gasteiger charge is 2.03. The Labute approximate surface area is 97.6 Å². The monoisotopic (exact) mass is 274 g/mol. The zero-order chi connectivity index (χ0) is 11.3. The number of nitrogens with one attached hydrogen (secondary N) is 1. The number of anilines is 1. The normalized spacial score (nSPS) is 12.3. The van der Waals surface area contributed by atoms with Crippen LogP contribution >= 0.6 is 15.9 Å². The summed E-state index contributed by atoms with van der Waals surface area (Å²) in [5.41, 5.74) is 6.20. The van der Waals surface area contributed by atoms with Crippen LogP contribution in [-0.2, 0) is 0 Å². The fourth-order valence-electron chi connectivity index (χ4n) is 1.10. The number of halogens is 1. The van der Waals surface area contributed by atoms with E-state index in [1.165, 1.54) is 0 Å². The second-order valence-corrected chi connectivity index (χ2v) is 3.97. The van der Waals surface area contributed by atoms with Gasteiger partial charge in [-0.1, -0.05) is 0 Å². The number of rotatable bonds is 5. The topological polar surface area (TPSA) is 67.5 Å². The molecule has 1 unspecified atom stereocenters. The third kappa shape index (κ3) is 3.70. The van der Waals surface area contributed by atoms with E-state index in [9.17, 15) is 5.11 Å². The average Bonchev–Trinajstić information content (AvgIpc) is 2.26. The quantitative estimate of drug-likeness (QED) is 0.755. The molecule has 0 fully saturated rings. The number of methoxy groups -OCH3 is 1. The maximum absolute atomic E-state index is 9.27. The molecule has 15 heavy (non-hydrogen) atoms. The molecular formula is C10H15BrN2O2. The van der Waals surface area contributed by atoms with Gasteiger partial charge in [-0.25, -0.2) is 0 Å². The van der Waals surface area contributed by atoms with Crippen molar-refractivity contribution in [1.29, 1.82) is 0 Å². The number of benzene rings is 1. The molecule has 4 N–H and O–H groups in total. The van der Waals surface area contributed by atoms with Gasteiger partial charge in [-0.2, -0.15) is 0 Å². The summed E-state index contributed by atoms with van der Waals surface area (Å²) in [4.78, 5) is 0. The fourth-order valence-corrected chi connectivity index (χ4v) is 1.64. The summed E-state index contributed by atoms with van der Waals surface area (Å²) < 4.78 is 5.98. The number of hydrogen-bond donors (Lipinski definition) is 3. The third-order valence-electron chi connectivity index (χ3n) is 1.97. The first kappa shape index (κ1) is 12.3. The third-order valence-corrected chi connectivity index (χ3v) is 2.59. The number of ether oxygens (including phenoxy) is 1. The number of hydrogen-bond acceptors (Lipinski definition) is 4. The SMILES string of the molecule is COc1ccc(NCC(O)CN)cc1Br.